The summed E-state index contributed by atoms with van der Waals surface area (Å²) in [5.74, 6) is 0.800. The molecule has 1 unspecified atom stereocenters. The fourth-order valence-electron chi connectivity index (χ4n) is 2.86. The van der Waals surface area contributed by atoms with Crippen molar-refractivity contribution in [2.75, 3.05) is 26.2 Å². The molecule has 0 spiro atoms. The highest BCUT2D eigenvalue weighted by Gasteiger charge is 2.27. The van der Waals surface area contributed by atoms with Gasteiger partial charge in [0.2, 0.25) is 0 Å². The van der Waals surface area contributed by atoms with E-state index in [4.69, 9.17) is 0 Å². The van der Waals surface area contributed by atoms with E-state index < -0.39 is 0 Å². The van der Waals surface area contributed by atoms with E-state index in [9.17, 15) is 0 Å². The monoisotopic (exact) mass is 224 g/mol. The molecule has 1 saturated heterocycles. The van der Waals surface area contributed by atoms with E-state index in [-0.39, 0.29) is 0 Å². The summed E-state index contributed by atoms with van der Waals surface area (Å²) < 4.78 is 0. The molecule has 2 aliphatic rings. The molecule has 0 aromatic rings. The molecular weight excluding hydrogens is 196 g/mol. The Morgan fingerprint density at radius 1 is 1.38 bits per heavy atom. The van der Waals surface area contributed by atoms with Crippen LogP contribution in [0.4, 0.5) is 0 Å². The van der Waals surface area contributed by atoms with Crippen molar-refractivity contribution in [2.45, 2.75) is 52.5 Å². The maximum atomic E-state index is 3.64. The highest BCUT2D eigenvalue weighted by molar-refractivity contribution is 4.83. The van der Waals surface area contributed by atoms with Crippen LogP contribution in [-0.4, -0.2) is 37.1 Å². The molecule has 0 aromatic carbocycles. The summed E-state index contributed by atoms with van der Waals surface area (Å²) in [6.45, 7) is 12.3. The van der Waals surface area contributed by atoms with Gasteiger partial charge in [-0.25, -0.2) is 0 Å². The normalized spacial score (nSPS) is 27.9. The van der Waals surface area contributed by atoms with Crippen molar-refractivity contribution in [3.8, 4) is 0 Å². The molecule has 2 heteroatoms. The van der Waals surface area contributed by atoms with E-state index in [1.165, 1.54) is 51.9 Å². The summed E-state index contributed by atoms with van der Waals surface area (Å²) in [5.41, 5.74) is 0.544. The van der Waals surface area contributed by atoms with E-state index in [0.29, 0.717) is 5.41 Å². The van der Waals surface area contributed by atoms with E-state index in [0.717, 1.165) is 12.0 Å². The largest absolute Gasteiger partial charge is 0.314 e. The van der Waals surface area contributed by atoms with Gasteiger partial charge in [-0.05, 0) is 50.1 Å². The highest BCUT2D eigenvalue weighted by Crippen LogP contribution is 2.28. The van der Waals surface area contributed by atoms with Crippen molar-refractivity contribution in [3.63, 3.8) is 0 Å². The van der Waals surface area contributed by atoms with Crippen LogP contribution in [0.2, 0.25) is 0 Å². The quantitative estimate of drug-likeness (QED) is 0.772. The lowest BCUT2D eigenvalue weighted by atomic mass is 9.84. The second-order valence-electron chi connectivity index (χ2n) is 6.79. The maximum absolute atomic E-state index is 3.64. The molecule has 1 aliphatic heterocycles. The van der Waals surface area contributed by atoms with Gasteiger partial charge in [-0.3, -0.25) is 0 Å². The maximum Gasteiger partial charge on any atom is 0.00683 e. The average molecular weight is 224 g/mol. The molecule has 2 nitrogen and oxygen atoms in total. The predicted octanol–water partition coefficient (Wildman–Crippen LogP) is 2.50. The van der Waals surface area contributed by atoms with E-state index in [1.54, 1.807) is 0 Å². The summed E-state index contributed by atoms with van der Waals surface area (Å²) in [4.78, 5) is 2.67. The van der Waals surface area contributed by atoms with Crippen LogP contribution in [0.15, 0.2) is 0 Å². The van der Waals surface area contributed by atoms with Crippen molar-refractivity contribution in [3.05, 3.63) is 0 Å². The van der Waals surface area contributed by atoms with E-state index in [2.05, 4.69) is 31.0 Å². The molecule has 2 fully saturated rings. The van der Waals surface area contributed by atoms with Crippen molar-refractivity contribution in [2.24, 2.45) is 11.3 Å². The van der Waals surface area contributed by atoms with Crippen molar-refractivity contribution in [1.29, 1.82) is 0 Å². The Labute approximate surface area is 101 Å². The number of piperidine rings is 1. The Bertz CT molecular complexity index is 221. The minimum atomic E-state index is 0.544. The number of hydrogen-bond donors (Lipinski definition) is 1. The molecule has 0 bridgehead atoms. The fraction of sp³-hybridized carbons (Fsp3) is 1.00. The van der Waals surface area contributed by atoms with Crippen LogP contribution in [-0.2, 0) is 0 Å². The van der Waals surface area contributed by atoms with Gasteiger partial charge < -0.3 is 10.2 Å². The first-order chi connectivity index (χ1) is 7.55. The number of rotatable bonds is 5. The zero-order chi connectivity index (χ0) is 11.6. The molecule has 16 heavy (non-hydrogen) atoms. The van der Waals surface area contributed by atoms with Gasteiger partial charge >= 0.3 is 0 Å². The van der Waals surface area contributed by atoms with Crippen molar-refractivity contribution in [1.82, 2.24) is 10.2 Å². The fourth-order valence-corrected chi connectivity index (χ4v) is 2.86. The number of hydrogen-bond acceptors (Lipinski definition) is 2. The van der Waals surface area contributed by atoms with Crippen LogP contribution in [0.25, 0.3) is 0 Å². The molecule has 0 amide bonds. The van der Waals surface area contributed by atoms with Crippen LogP contribution in [0.5, 0.6) is 0 Å². The second kappa shape index (κ2) is 5.05. The first-order valence-corrected chi connectivity index (χ1v) is 7.01. The van der Waals surface area contributed by atoms with Crippen LogP contribution in [0.3, 0.4) is 0 Å². The standard InChI is InChI=1S/C14H28N2/c1-12(9-15-13-5-6-13)10-16-8-4-7-14(2,3)11-16/h12-13,15H,4-11H2,1-3H3. The smallest absolute Gasteiger partial charge is 0.00683 e. The summed E-state index contributed by atoms with van der Waals surface area (Å²) in [6.07, 6.45) is 5.60. The van der Waals surface area contributed by atoms with Gasteiger partial charge in [-0.2, -0.15) is 0 Å². The molecule has 0 aromatic heterocycles. The van der Waals surface area contributed by atoms with Crippen LogP contribution in [0, 0.1) is 11.3 Å². The molecule has 1 atom stereocenters. The minimum absolute atomic E-state index is 0.544. The zero-order valence-electron chi connectivity index (χ0n) is 11.3. The Balaban J connectivity index is 1.66. The summed E-state index contributed by atoms with van der Waals surface area (Å²) in [6, 6.07) is 0.861. The Morgan fingerprint density at radius 3 is 2.75 bits per heavy atom. The number of nitrogens with one attached hydrogen (secondary N) is 1. The summed E-state index contributed by atoms with van der Waals surface area (Å²) >= 11 is 0. The van der Waals surface area contributed by atoms with Crippen LogP contribution >= 0.6 is 0 Å². The molecule has 1 aliphatic carbocycles. The van der Waals surface area contributed by atoms with Crippen LogP contribution < -0.4 is 5.32 Å². The van der Waals surface area contributed by atoms with Gasteiger partial charge in [0.15, 0.2) is 0 Å². The first-order valence-electron chi connectivity index (χ1n) is 7.01. The molecular formula is C14H28N2. The second-order valence-corrected chi connectivity index (χ2v) is 6.79. The van der Waals surface area contributed by atoms with Crippen molar-refractivity contribution < 1.29 is 0 Å². The molecule has 1 N–H and O–H groups in total. The molecule has 0 radical (unpaired) electrons. The molecule has 1 heterocycles. The van der Waals surface area contributed by atoms with Gasteiger partial charge in [0, 0.05) is 19.1 Å². The van der Waals surface area contributed by atoms with Gasteiger partial charge in [0.25, 0.3) is 0 Å². The van der Waals surface area contributed by atoms with Gasteiger partial charge in [-0.1, -0.05) is 20.8 Å². The third-order valence-electron chi connectivity index (χ3n) is 3.88. The lowest BCUT2D eigenvalue weighted by Crippen LogP contribution is -2.43. The molecule has 94 valence electrons. The summed E-state index contributed by atoms with van der Waals surface area (Å²) in [5, 5.41) is 3.64. The zero-order valence-corrected chi connectivity index (χ0v) is 11.3. The lowest BCUT2D eigenvalue weighted by molar-refractivity contribution is 0.104. The first kappa shape index (κ1) is 12.4. The average Bonchev–Trinajstić information content (AvgIpc) is 2.96. The van der Waals surface area contributed by atoms with E-state index in [1.807, 2.05) is 0 Å². The SMILES string of the molecule is CC(CNC1CC1)CN1CCCC(C)(C)C1. The Morgan fingerprint density at radius 2 is 2.12 bits per heavy atom. The van der Waals surface area contributed by atoms with Gasteiger partial charge in [-0.15, -0.1) is 0 Å². The molecule has 2 rings (SSSR count). The van der Waals surface area contributed by atoms with Gasteiger partial charge in [0.1, 0.15) is 0 Å². The third kappa shape index (κ3) is 4.06. The topological polar surface area (TPSA) is 15.3 Å². The highest BCUT2D eigenvalue weighted by atomic mass is 15.1. The lowest BCUT2D eigenvalue weighted by Gasteiger charge is -2.39. The number of likely N-dealkylation sites (tertiary alicyclic amines) is 1. The predicted molar refractivity (Wildman–Crippen MR) is 69.6 cm³/mol. The van der Waals surface area contributed by atoms with Crippen LogP contribution in [0.1, 0.15) is 46.5 Å². The Kier molecular flexibility index (Phi) is 3.91. The van der Waals surface area contributed by atoms with Crippen molar-refractivity contribution >= 4 is 0 Å². The minimum Gasteiger partial charge on any atom is -0.314 e. The summed E-state index contributed by atoms with van der Waals surface area (Å²) in [7, 11) is 0. The number of nitrogens with zero attached hydrogens (tertiary/aromatic N) is 1. The third-order valence-corrected chi connectivity index (χ3v) is 3.88. The van der Waals surface area contributed by atoms with Gasteiger partial charge in [0.05, 0.1) is 0 Å². The Hall–Kier alpha value is -0.0800. The van der Waals surface area contributed by atoms with E-state index >= 15 is 0 Å². The molecule has 1 saturated carbocycles.